The predicted octanol–water partition coefficient (Wildman–Crippen LogP) is 2.01. The second-order valence-electron chi connectivity index (χ2n) is 7.11. The van der Waals surface area contributed by atoms with Gasteiger partial charge in [-0.25, -0.2) is 4.79 Å². The summed E-state index contributed by atoms with van der Waals surface area (Å²) in [4.78, 5) is 13.8. The van der Waals surface area contributed by atoms with E-state index in [1.54, 1.807) is 7.11 Å². The zero-order valence-electron chi connectivity index (χ0n) is 13.2. The number of hydrogen-bond donors (Lipinski definition) is 1. The molecule has 0 saturated carbocycles. The van der Waals surface area contributed by atoms with E-state index in [2.05, 4.69) is 5.32 Å². The lowest BCUT2D eigenvalue weighted by Crippen LogP contribution is -2.61. The van der Waals surface area contributed by atoms with Crippen LogP contribution in [-0.2, 0) is 9.47 Å². The van der Waals surface area contributed by atoms with Crippen LogP contribution in [0.5, 0.6) is 0 Å². The van der Waals surface area contributed by atoms with Crippen LogP contribution >= 0.6 is 0 Å². The standard InChI is InChI=1S/C15H28N2O3/c1-14(2,3)20-13(18)17-7-5-12(6-8-17)9-15(19-4)10-16-11-15/h12,16H,5-11H2,1-4H3. The number of hydrogen-bond acceptors (Lipinski definition) is 4. The highest BCUT2D eigenvalue weighted by molar-refractivity contribution is 5.68. The number of carbonyl (C=O) groups is 1. The van der Waals surface area contributed by atoms with E-state index in [9.17, 15) is 4.79 Å². The topological polar surface area (TPSA) is 50.8 Å². The smallest absolute Gasteiger partial charge is 0.410 e. The summed E-state index contributed by atoms with van der Waals surface area (Å²) < 4.78 is 11.1. The Morgan fingerprint density at radius 3 is 2.30 bits per heavy atom. The van der Waals surface area contributed by atoms with Crippen molar-refractivity contribution < 1.29 is 14.3 Å². The highest BCUT2D eigenvalue weighted by Crippen LogP contribution is 2.31. The fourth-order valence-corrected chi connectivity index (χ4v) is 2.95. The van der Waals surface area contributed by atoms with E-state index in [0.717, 1.165) is 45.4 Å². The summed E-state index contributed by atoms with van der Waals surface area (Å²) >= 11 is 0. The number of ether oxygens (including phenoxy) is 2. The molecular weight excluding hydrogens is 256 g/mol. The van der Waals surface area contributed by atoms with E-state index >= 15 is 0 Å². The first-order chi connectivity index (χ1) is 9.34. The molecule has 2 rings (SSSR count). The first kappa shape index (κ1) is 15.6. The minimum Gasteiger partial charge on any atom is -0.444 e. The first-order valence-electron chi connectivity index (χ1n) is 7.57. The summed E-state index contributed by atoms with van der Waals surface area (Å²) in [6.45, 7) is 9.22. The van der Waals surface area contributed by atoms with E-state index in [1.807, 2.05) is 25.7 Å². The minimum absolute atomic E-state index is 0.0404. The van der Waals surface area contributed by atoms with Crippen molar-refractivity contribution in [2.45, 2.75) is 51.2 Å². The van der Waals surface area contributed by atoms with Crippen molar-refractivity contribution in [3.63, 3.8) is 0 Å². The van der Waals surface area contributed by atoms with Crippen molar-refractivity contribution in [1.29, 1.82) is 0 Å². The summed E-state index contributed by atoms with van der Waals surface area (Å²) in [6, 6.07) is 0. The van der Waals surface area contributed by atoms with E-state index in [0.29, 0.717) is 5.92 Å². The van der Waals surface area contributed by atoms with Crippen LogP contribution in [0.25, 0.3) is 0 Å². The van der Waals surface area contributed by atoms with Crippen molar-refractivity contribution in [3.05, 3.63) is 0 Å². The van der Waals surface area contributed by atoms with Crippen molar-refractivity contribution in [2.24, 2.45) is 5.92 Å². The lowest BCUT2D eigenvalue weighted by atomic mass is 9.81. The number of carbonyl (C=O) groups excluding carboxylic acids is 1. The van der Waals surface area contributed by atoms with Gasteiger partial charge < -0.3 is 19.7 Å². The Balaban J connectivity index is 1.76. The van der Waals surface area contributed by atoms with E-state index in [1.165, 1.54) is 0 Å². The molecule has 0 radical (unpaired) electrons. The molecule has 1 amide bonds. The third-order valence-corrected chi connectivity index (χ3v) is 4.25. The van der Waals surface area contributed by atoms with Gasteiger partial charge in [-0.3, -0.25) is 0 Å². The number of nitrogens with zero attached hydrogens (tertiary/aromatic N) is 1. The molecule has 5 heteroatoms. The zero-order valence-corrected chi connectivity index (χ0v) is 13.2. The molecule has 2 fully saturated rings. The van der Waals surface area contributed by atoms with Gasteiger partial charge in [-0.05, 0) is 46.0 Å². The maximum Gasteiger partial charge on any atom is 0.410 e. The molecule has 0 aromatic heterocycles. The third kappa shape index (κ3) is 3.85. The molecule has 0 aromatic carbocycles. The molecule has 2 aliphatic rings. The number of amides is 1. The molecule has 0 aliphatic carbocycles. The van der Waals surface area contributed by atoms with Crippen LogP contribution in [0.2, 0.25) is 0 Å². The average Bonchev–Trinajstić information content (AvgIpc) is 2.32. The van der Waals surface area contributed by atoms with Gasteiger partial charge in [0.2, 0.25) is 0 Å². The Morgan fingerprint density at radius 1 is 1.30 bits per heavy atom. The normalized spacial score (nSPS) is 23.3. The molecule has 0 atom stereocenters. The molecule has 2 saturated heterocycles. The van der Waals surface area contributed by atoms with E-state index in [-0.39, 0.29) is 11.7 Å². The molecule has 116 valence electrons. The molecule has 0 bridgehead atoms. The fourth-order valence-electron chi connectivity index (χ4n) is 2.95. The third-order valence-electron chi connectivity index (χ3n) is 4.25. The van der Waals surface area contributed by atoms with Gasteiger partial charge in [0.05, 0.1) is 5.60 Å². The van der Waals surface area contributed by atoms with Gasteiger partial charge in [0.25, 0.3) is 0 Å². The van der Waals surface area contributed by atoms with Crippen LogP contribution < -0.4 is 5.32 Å². The average molecular weight is 284 g/mol. The van der Waals surface area contributed by atoms with Crippen molar-refractivity contribution in [2.75, 3.05) is 33.3 Å². The van der Waals surface area contributed by atoms with Crippen LogP contribution in [0.15, 0.2) is 0 Å². The van der Waals surface area contributed by atoms with Crippen LogP contribution in [0.4, 0.5) is 4.79 Å². The zero-order chi connectivity index (χ0) is 14.8. The number of likely N-dealkylation sites (tertiary alicyclic amines) is 1. The Morgan fingerprint density at radius 2 is 1.90 bits per heavy atom. The van der Waals surface area contributed by atoms with Crippen LogP contribution in [0, 0.1) is 5.92 Å². The number of methoxy groups -OCH3 is 1. The molecule has 2 heterocycles. The number of rotatable bonds is 3. The summed E-state index contributed by atoms with van der Waals surface area (Å²) in [5, 5.41) is 3.29. The highest BCUT2D eigenvalue weighted by Gasteiger charge is 2.40. The lowest BCUT2D eigenvalue weighted by Gasteiger charge is -2.45. The SMILES string of the molecule is COC1(CC2CCN(C(=O)OC(C)(C)C)CC2)CNC1. The molecule has 0 aromatic rings. The lowest BCUT2D eigenvalue weighted by molar-refractivity contribution is -0.0725. The van der Waals surface area contributed by atoms with Gasteiger partial charge in [0, 0.05) is 33.3 Å². The summed E-state index contributed by atoms with van der Waals surface area (Å²) in [5.74, 6) is 0.649. The van der Waals surface area contributed by atoms with Crippen molar-refractivity contribution in [3.8, 4) is 0 Å². The number of nitrogens with one attached hydrogen (secondary N) is 1. The number of piperidine rings is 1. The highest BCUT2D eigenvalue weighted by atomic mass is 16.6. The molecule has 5 nitrogen and oxygen atoms in total. The van der Waals surface area contributed by atoms with Crippen LogP contribution in [0.1, 0.15) is 40.0 Å². The Hall–Kier alpha value is -0.810. The maximum atomic E-state index is 12.0. The van der Waals surface area contributed by atoms with Crippen LogP contribution in [0.3, 0.4) is 0 Å². The quantitative estimate of drug-likeness (QED) is 0.861. The Bertz CT molecular complexity index is 334. The summed E-state index contributed by atoms with van der Waals surface area (Å²) in [5.41, 5.74) is -0.371. The summed E-state index contributed by atoms with van der Waals surface area (Å²) in [7, 11) is 1.80. The first-order valence-corrected chi connectivity index (χ1v) is 7.57. The van der Waals surface area contributed by atoms with Gasteiger partial charge in [0.15, 0.2) is 0 Å². The van der Waals surface area contributed by atoms with Crippen LogP contribution in [-0.4, -0.2) is 55.5 Å². The molecule has 0 spiro atoms. The van der Waals surface area contributed by atoms with Gasteiger partial charge in [-0.1, -0.05) is 0 Å². The van der Waals surface area contributed by atoms with Gasteiger partial charge >= 0.3 is 6.09 Å². The van der Waals surface area contributed by atoms with E-state index in [4.69, 9.17) is 9.47 Å². The molecule has 0 unspecified atom stereocenters. The molecular formula is C15H28N2O3. The molecule has 20 heavy (non-hydrogen) atoms. The van der Waals surface area contributed by atoms with Crippen molar-refractivity contribution >= 4 is 6.09 Å². The monoisotopic (exact) mass is 284 g/mol. The van der Waals surface area contributed by atoms with E-state index < -0.39 is 5.60 Å². The minimum atomic E-state index is -0.411. The predicted molar refractivity (Wildman–Crippen MR) is 77.8 cm³/mol. The second-order valence-corrected chi connectivity index (χ2v) is 7.11. The second kappa shape index (κ2) is 5.90. The van der Waals surface area contributed by atoms with Crippen molar-refractivity contribution in [1.82, 2.24) is 10.2 Å². The Labute approximate surface area is 122 Å². The molecule has 1 N–H and O–H groups in total. The van der Waals surface area contributed by atoms with Gasteiger partial charge in [-0.15, -0.1) is 0 Å². The maximum absolute atomic E-state index is 12.0. The fraction of sp³-hybridized carbons (Fsp3) is 0.933. The molecule has 2 aliphatic heterocycles. The van der Waals surface area contributed by atoms with Gasteiger partial charge in [-0.2, -0.15) is 0 Å². The Kier molecular flexibility index (Phi) is 4.59. The van der Waals surface area contributed by atoms with Gasteiger partial charge in [0.1, 0.15) is 5.60 Å². The largest absolute Gasteiger partial charge is 0.444 e. The summed E-state index contributed by atoms with van der Waals surface area (Å²) in [6.07, 6.45) is 3.01.